The normalized spacial score (nSPS) is 15.0. The summed E-state index contributed by atoms with van der Waals surface area (Å²) < 4.78 is 16.5. The van der Waals surface area contributed by atoms with Gasteiger partial charge in [-0.3, -0.25) is 19.5 Å². The third kappa shape index (κ3) is 6.32. The summed E-state index contributed by atoms with van der Waals surface area (Å²) in [6.07, 6.45) is 0.874. The monoisotopic (exact) mass is 552 g/mol. The van der Waals surface area contributed by atoms with E-state index in [1.54, 1.807) is 36.4 Å². The summed E-state index contributed by atoms with van der Waals surface area (Å²) in [6.45, 7) is 7.29. The van der Waals surface area contributed by atoms with Gasteiger partial charge >= 0.3 is 0 Å². The number of rotatable bonds is 7. The topological polar surface area (TPSA) is 102 Å². The number of pyridine rings is 1. The molecule has 210 valence electrons. The molecule has 6 rings (SSSR count). The first-order chi connectivity index (χ1) is 20.0. The number of nitrogens with zero attached hydrogens (tertiary/aromatic N) is 2. The van der Waals surface area contributed by atoms with Gasteiger partial charge in [0, 0.05) is 59.6 Å². The van der Waals surface area contributed by atoms with Crippen LogP contribution in [0.5, 0.6) is 11.5 Å². The Morgan fingerprint density at radius 2 is 1.56 bits per heavy atom. The van der Waals surface area contributed by atoms with Crippen LogP contribution in [-0.2, 0) is 11.2 Å². The molecule has 9 heteroatoms. The Bertz CT molecular complexity index is 1600. The Hall–Kier alpha value is -4.47. The van der Waals surface area contributed by atoms with Crippen LogP contribution in [0.25, 0.3) is 10.9 Å². The number of anilines is 2. The number of aryl methyl sites for hydroxylation is 1. The molecule has 0 atom stereocenters. The third-order valence-electron chi connectivity index (χ3n) is 7.34. The summed E-state index contributed by atoms with van der Waals surface area (Å²) in [5.41, 5.74) is 4.95. The maximum absolute atomic E-state index is 13.2. The molecule has 0 spiro atoms. The number of carbonyl (C=O) groups is 2. The highest BCUT2D eigenvalue weighted by Crippen LogP contribution is 2.31. The molecule has 2 aliphatic rings. The first kappa shape index (κ1) is 26.7. The van der Waals surface area contributed by atoms with Crippen LogP contribution < -0.4 is 20.1 Å². The Labute approximate surface area is 238 Å². The lowest BCUT2D eigenvalue weighted by Gasteiger charge is -2.26. The number of hydrogen-bond donors (Lipinski definition) is 2. The largest absolute Gasteiger partial charge is 0.486 e. The highest BCUT2D eigenvalue weighted by Gasteiger charge is 2.16. The lowest BCUT2D eigenvalue weighted by atomic mass is 10.1. The minimum atomic E-state index is -0.283. The van der Waals surface area contributed by atoms with Gasteiger partial charge in [-0.1, -0.05) is 12.1 Å². The van der Waals surface area contributed by atoms with Crippen LogP contribution in [0.2, 0.25) is 0 Å². The number of hydrogen-bond acceptors (Lipinski definition) is 7. The predicted octanol–water partition coefficient (Wildman–Crippen LogP) is 4.69. The van der Waals surface area contributed by atoms with Gasteiger partial charge < -0.3 is 24.8 Å². The number of ether oxygens (including phenoxy) is 3. The fraction of sp³-hybridized carbons (Fsp3) is 0.281. The molecule has 3 aromatic carbocycles. The van der Waals surface area contributed by atoms with E-state index in [-0.39, 0.29) is 11.8 Å². The van der Waals surface area contributed by atoms with Crippen molar-refractivity contribution >= 4 is 34.1 Å². The van der Waals surface area contributed by atoms with Gasteiger partial charge in [0.25, 0.3) is 11.8 Å². The van der Waals surface area contributed by atoms with Gasteiger partial charge in [0.05, 0.1) is 18.7 Å². The van der Waals surface area contributed by atoms with Crippen LogP contribution >= 0.6 is 0 Å². The van der Waals surface area contributed by atoms with Crippen molar-refractivity contribution in [3.05, 3.63) is 89.1 Å². The number of benzene rings is 3. The molecule has 4 aromatic rings. The summed E-state index contributed by atoms with van der Waals surface area (Å²) >= 11 is 0. The number of aromatic nitrogens is 1. The third-order valence-corrected chi connectivity index (χ3v) is 7.34. The van der Waals surface area contributed by atoms with Gasteiger partial charge in [0.2, 0.25) is 0 Å². The lowest BCUT2D eigenvalue weighted by molar-refractivity contribution is 0.0383. The van der Waals surface area contributed by atoms with Crippen molar-refractivity contribution in [3.63, 3.8) is 0 Å². The second-order valence-electron chi connectivity index (χ2n) is 10.2. The second kappa shape index (κ2) is 12.0. The fourth-order valence-electron chi connectivity index (χ4n) is 4.96. The summed E-state index contributed by atoms with van der Waals surface area (Å²) in [5, 5.41) is 6.80. The van der Waals surface area contributed by atoms with Crippen molar-refractivity contribution in [2.45, 2.75) is 13.3 Å². The molecule has 0 radical (unpaired) electrons. The summed E-state index contributed by atoms with van der Waals surface area (Å²) in [7, 11) is 0. The van der Waals surface area contributed by atoms with Gasteiger partial charge in [-0.2, -0.15) is 0 Å². The van der Waals surface area contributed by atoms with E-state index in [1.165, 1.54) is 0 Å². The molecule has 0 aliphatic carbocycles. The first-order valence-electron chi connectivity index (χ1n) is 13.8. The standard InChI is InChI=1S/C32H32N4O5/c1-21-2-6-26(34-31(37)24-5-9-29-30(19-24)41-17-16-40-29)20-28(21)35-32(38)23-4-8-27-22(18-23)3-7-25(33-27)10-11-36-12-14-39-15-13-36/h2-9,18-20H,10-17H2,1H3,(H,34,37)(H,35,38). The predicted molar refractivity (Wildman–Crippen MR) is 157 cm³/mol. The molecule has 0 unspecified atom stereocenters. The quantitative estimate of drug-likeness (QED) is 0.343. The highest BCUT2D eigenvalue weighted by atomic mass is 16.6. The lowest BCUT2D eigenvalue weighted by Crippen LogP contribution is -2.37. The van der Waals surface area contributed by atoms with E-state index in [0.717, 1.165) is 61.4 Å². The Balaban J connectivity index is 1.11. The zero-order valence-corrected chi connectivity index (χ0v) is 22.9. The molecule has 41 heavy (non-hydrogen) atoms. The maximum Gasteiger partial charge on any atom is 0.255 e. The number of carbonyl (C=O) groups excluding carboxylic acids is 2. The van der Waals surface area contributed by atoms with Crippen molar-refractivity contribution < 1.29 is 23.8 Å². The van der Waals surface area contributed by atoms with Crippen LogP contribution in [0, 0.1) is 6.92 Å². The average Bonchev–Trinajstić information content (AvgIpc) is 3.01. The molecule has 1 aromatic heterocycles. The summed E-state index contributed by atoms with van der Waals surface area (Å²) in [6, 6.07) is 20.1. The number of amides is 2. The molecule has 3 heterocycles. The molecular formula is C32H32N4O5. The minimum Gasteiger partial charge on any atom is -0.486 e. The van der Waals surface area contributed by atoms with Crippen molar-refractivity contribution in [3.8, 4) is 11.5 Å². The van der Waals surface area contributed by atoms with Crippen LogP contribution in [0.15, 0.2) is 66.7 Å². The maximum atomic E-state index is 13.2. The minimum absolute atomic E-state index is 0.235. The van der Waals surface area contributed by atoms with E-state index < -0.39 is 0 Å². The number of morpholine rings is 1. The molecule has 0 bridgehead atoms. The van der Waals surface area contributed by atoms with E-state index >= 15 is 0 Å². The van der Waals surface area contributed by atoms with Gasteiger partial charge in [-0.15, -0.1) is 0 Å². The molecular weight excluding hydrogens is 520 g/mol. The molecule has 1 saturated heterocycles. The first-order valence-corrected chi connectivity index (χ1v) is 13.8. The average molecular weight is 553 g/mol. The molecule has 2 N–H and O–H groups in total. The highest BCUT2D eigenvalue weighted by molar-refractivity contribution is 6.08. The van der Waals surface area contributed by atoms with E-state index in [1.807, 2.05) is 37.3 Å². The van der Waals surface area contributed by atoms with Crippen molar-refractivity contribution in [2.75, 3.05) is 56.7 Å². The molecule has 1 fully saturated rings. The van der Waals surface area contributed by atoms with Gasteiger partial charge in [0.1, 0.15) is 13.2 Å². The van der Waals surface area contributed by atoms with Crippen LogP contribution in [-0.4, -0.2) is 67.8 Å². The molecule has 2 amide bonds. The van der Waals surface area contributed by atoms with Crippen molar-refractivity contribution in [1.82, 2.24) is 9.88 Å². The van der Waals surface area contributed by atoms with Crippen LogP contribution in [0.3, 0.4) is 0 Å². The smallest absolute Gasteiger partial charge is 0.255 e. The van der Waals surface area contributed by atoms with Crippen molar-refractivity contribution in [2.24, 2.45) is 0 Å². The summed E-state index contributed by atoms with van der Waals surface area (Å²) in [4.78, 5) is 33.3. The van der Waals surface area contributed by atoms with Crippen LogP contribution in [0.1, 0.15) is 32.0 Å². The molecule has 2 aliphatic heterocycles. The number of nitrogens with one attached hydrogen (secondary N) is 2. The Kier molecular flexibility index (Phi) is 7.80. The Morgan fingerprint density at radius 1 is 0.805 bits per heavy atom. The summed E-state index contributed by atoms with van der Waals surface area (Å²) in [5.74, 6) is 0.661. The number of fused-ring (bicyclic) bond motifs is 2. The fourth-order valence-corrected chi connectivity index (χ4v) is 4.96. The van der Waals surface area contributed by atoms with Gasteiger partial charge in [-0.05, 0) is 67.1 Å². The van der Waals surface area contributed by atoms with E-state index in [9.17, 15) is 9.59 Å². The van der Waals surface area contributed by atoms with Gasteiger partial charge in [-0.25, -0.2) is 0 Å². The second-order valence-corrected chi connectivity index (χ2v) is 10.2. The zero-order chi connectivity index (χ0) is 28.2. The van der Waals surface area contributed by atoms with Crippen molar-refractivity contribution in [1.29, 1.82) is 0 Å². The van der Waals surface area contributed by atoms with Gasteiger partial charge in [0.15, 0.2) is 11.5 Å². The van der Waals surface area contributed by atoms with Crippen LogP contribution in [0.4, 0.5) is 11.4 Å². The molecule has 0 saturated carbocycles. The SMILES string of the molecule is Cc1ccc(NC(=O)c2ccc3c(c2)OCCO3)cc1NC(=O)c1ccc2nc(CCN3CCOCC3)ccc2c1. The molecule has 9 nitrogen and oxygen atoms in total. The Morgan fingerprint density at radius 3 is 2.41 bits per heavy atom. The van der Waals surface area contributed by atoms with E-state index in [2.05, 4.69) is 15.5 Å². The zero-order valence-electron chi connectivity index (χ0n) is 22.9. The van der Waals surface area contributed by atoms with E-state index in [0.29, 0.717) is 47.2 Å². The van der Waals surface area contributed by atoms with E-state index in [4.69, 9.17) is 19.2 Å².